The van der Waals surface area contributed by atoms with Crippen LogP contribution in [0, 0.1) is 11.8 Å². The summed E-state index contributed by atoms with van der Waals surface area (Å²) in [5.41, 5.74) is 7.98. The molecule has 4 aliphatic rings. The van der Waals surface area contributed by atoms with E-state index in [1.54, 1.807) is 17.3 Å². The predicted octanol–water partition coefficient (Wildman–Crippen LogP) is 7.36. The zero-order valence-corrected chi connectivity index (χ0v) is 36.2. The first kappa shape index (κ1) is 41.5. The number of likely N-dealkylation sites (tertiary alicyclic amines) is 2. The van der Waals surface area contributed by atoms with Gasteiger partial charge >= 0.3 is 12.2 Å². The van der Waals surface area contributed by atoms with Gasteiger partial charge in [0.05, 0.1) is 50.1 Å². The largest absolute Gasteiger partial charge is 0.488 e. The summed E-state index contributed by atoms with van der Waals surface area (Å²) in [6, 6.07) is 15.1. The van der Waals surface area contributed by atoms with Gasteiger partial charge in [-0.3, -0.25) is 9.59 Å². The molecule has 9 rings (SSSR count). The van der Waals surface area contributed by atoms with E-state index >= 15 is 0 Å². The number of carbonyl (C=O) groups is 4. The number of hydrogen-bond acceptors (Lipinski definition) is 10. The minimum atomic E-state index is -0.918. The Kier molecular flexibility index (Phi) is 11.1. The number of alkyl carbamates (subject to hydrolysis) is 2. The molecular weight excluding hydrogens is 805 g/mol. The number of aromatic nitrogens is 4. The topological polar surface area (TPSA) is 193 Å². The highest BCUT2D eigenvalue weighted by molar-refractivity contribution is 5.90. The molecule has 16 nitrogen and oxygen atoms in total. The van der Waals surface area contributed by atoms with Crippen LogP contribution in [0.5, 0.6) is 11.5 Å². The van der Waals surface area contributed by atoms with Crippen LogP contribution in [0.25, 0.3) is 33.6 Å². The Labute approximate surface area is 365 Å². The number of benzene rings is 3. The molecule has 3 aromatic carbocycles. The number of imidazole rings is 2. The van der Waals surface area contributed by atoms with E-state index in [9.17, 15) is 19.2 Å². The lowest BCUT2D eigenvalue weighted by Gasteiger charge is -2.33. The van der Waals surface area contributed by atoms with Gasteiger partial charge in [-0.15, -0.1) is 0 Å². The third-order valence-electron chi connectivity index (χ3n) is 12.8. The fourth-order valence-corrected chi connectivity index (χ4v) is 9.60. The quantitative estimate of drug-likeness (QED) is 0.110. The highest BCUT2D eigenvalue weighted by Crippen LogP contribution is 2.51. The zero-order chi connectivity index (χ0) is 44.1. The van der Waals surface area contributed by atoms with E-state index in [4.69, 9.17) is 28.9 Å². The number of amides is 4. The van der Waals surface area contributed by atoms with Crippen molar-refractivity contribution in [2.45, 2.75) is 90.4 Å². The summed E-state index contributed by atoms with van der Waals surface area (Å²) in [7, 11) is 2.57. The van der Waals surface area contributed by atoms with Crippen LogP contribution < -0.4 is 20.1 Å². The van der Waals surface area contributed by atoms with Gasteiger partial charge in [0.25, 0.3) is 5.91 Å². The van der Waals surface area contributed by atoms with E-state index in [1.807, 2.05) is 68.1 Å². The predicted molar refractivity (Wildman–Crippen MR) is 231 cm³/mol. The summed E-state index contributed by atoms with van der Waals surface area (Å²) in [6.45, 7) is 9.10. The van der Waals surface area contributed by atoms with Gasteiger partial charge in [0.1, 0.15) is 48.4 Å². The average Bonchev–Trinajstić information content (AvgIpc) is 4.13. The second-order valence-corrected chi connectivity index (χ2v) is 17.3. The Balaban J connectivity index is 0.954. The zero-order valence-electron chi connectivity index (χ0n) is 36.2. The highest BCUT2D eigenvalue weighted by Gasteiger charge is 2.42. The Bertz CT molecular complexity index is 2520. The molecule has 2 saturated heterocycles. The van der Waals surface area contributed by atoms with E-state index < -0.39 is 24.3 Å². The SMILES string of the molecule is COC(=O)N[C@H](C(=O)N1[C@@H](C)CC[C@H]1c1ncc(-c2cc3c4c(c2)OCc2cc(-c5cnc([C@@H]6C[C@H](C)CN6C(=O)[C@H](NC(=O)OC)c6ccccc6)[nH]5)cc(c2-4)OC3)[nH]1)C(C)C. The molecule has 5 aromatic rings. The number of nitrogens with one attached hydrogen (secondary N) is 4. The van der Waals surface area contributed by atoms with Crippen molar-refractivity contribution >= 4 is 24.0 Å². The number of carbonyl (C=O) groups excluding carboxylic acids is 4. The molecule has 2 aromatic heterocycles. The Morgan fingerprint density at radius 3 is 1.90 bits per heavy atom. The van der Waals surface area contributed by atoms with Crippen LogP contribution in [0.15, 0.2) is 67.0 Å². The lowest BCUT2D eigenvalue weighted by molar-refractivity contribution is -0.137. The number of ether oxygens (including phenoxy) is 4. The van der Waals surface area contributed by atoms with Crippen LogP contribution in [-0.4, -0.2) is 86.6 Å². The maximum absolute atomic E-state index is 14.2. The summed E-state index contributed by atoms with van der Waals surface area (Å²) in [5, 5.41) is 5.46. The third kappa shape index (κ3) is 7.71. The van der Waals surface area contributed by atoms with Crippen molar-refractivity contribution in [2.75, 3.05) is 20.8 Å². The molecule has 4 amide bonds. The van der Waals surface area contributed by atoms with Gasteiger partial charge in [0.15, 0.2) is 0 Å². The fourth-order valence-electron chi connectivity index (χ4n) is 9.60. The second kappa shape index (κ2) is 16.8. The number of hydrogen-bond donors (Lipinski definition) is 4. The molecule has 0 bridgehead atoms. The van der Waals surface area contributed by atoms with Crippen LogP contribution in [0.2, 0.25) is 0 Å². The molecule has 0 aliphatic carbocycles. The summed E-state index contributed by atoms with van der Waals surface area (Å²) >= 11 is 0. The normalized spacial score (nSPS) is 20.6. The van der Waals surface area contributed by atoms with Gasteiger partial charge in [-0.2, -0.15) is 0 Å². The molecule has 0 spiro atoms. The van der Waals surface area contributed by atoms with Crippen LogP contribution in [0.4, 0.5) is 9.59 Å². The van der Waals surface area contributed by atoms with Gasteiger partial charge in [0, 0.05) is 46.0 Å². The number of rotatable bonds is 10. The summed E-state index contributed by atoms with van der Waals surface area (Å²) in [5.74, 6) is 2.52. The fraction of sp³-hybridized carbons (Fsp3) is 0.404. The van der Waals surface area contributed by atoms with E-state index in [-0.39, 0.29) is 41.8 Å². The van der Waals surface area contributed by atoms with Crippen molar-refractivity contribution in [1.29, 1.82) is 0 Å². The lowest BCUT2D eigenvalue weighted by Crippen LogP contribution is -2.52. The van der Waals surface area contributed by atoms with Gasteiger partial charge in [-0.05, 0) is 67.9 Å². The molecule has 6 atom stereocenters. The molecule has 4 aliphatic heterocycles. The van der Waals surface area contributed by atoms with E-state index in [2.05, 4.69) is 39.7 Å². The minimum Gasteiger partial charge on any atom is -0.488 e. The first-order valence-electron chi connectivity index (χ1n) is 21.5. The molecule has 0 saturated carbocycles. The third-order valence-corrected chi connectivity index (χ3v) is 12.8. The van der Waals surface area contributed by atoms with Gasteiger partial charge < -0.3 is 49.3 Å². The van der Waals surface area contributed by atoms with Crippen molar-refractivity contribution in [3.8, 4) is 45.1 Å². The Morgan fingerprint density at radius 2 is 1.33 bits per heavy atom. The summed E-state index contributed by atoms with van der Waals surface area (Å²) in [4.78, 5) is 72.8. The first-order valence-corrected chi connectivity index (χ1v) is 21.5. The molecule has 328 valence electrons. The van der Waals surface area contributed by atoms with Crippen molar-refractivity contribution in [2.24, 2.45) is 11.8 Å². The van der Waals surface area contributed by atoms with E-state index in [0.29, 0.717) is 43.4 Å². The number of aromatic amines is 2. The molecule has 0 unspecified atom stereocenters. The Morgan fingerprint density at radius 1 is 0.762 bits per heavy atom. The van der Waals surface area contributed by atoms with E-state index in [1.165, 1.54) is 14.2 Å². The first-order chi connectivity index (χ1) is 30.4. The highest BCUT2D eigenvalue weighted by atomic mass is 16.5. The molecule has 16 heteroatoms. The van der Waals surface area contributed by atoms with Crippen molar-refractivity contribution in [3.63, 3.8) is 0 Å². The number of nitrogens with zero attached hydrogens (tertiary/aromatic N) is 4. The minimum absolute atomic E-state index is 0.0331. The van der Waals surface area contributed by atoms with Crippen LogP contribution >= 0.6 is 0 Å². The van der Waals surface area contributed by atoms with Crippen molar-refractivity contribution in [3.05, 3.63) is 95.3 Å². The molecule has 4 N–H and O–H groups in total. The lowest BCUT2D eigenvalue weighted by atomic mass is 9.87. The number of methoxy groups -OCH3 is 2. The average molecular weight is 857 g/mol. The van der Waals surface area contributed by atoms with Crippen molar-refractivity contribution < 1.29 is 38.1 Å². The molecule has 63 heavy (non-hydrogen) atoms. The maximum atomic E-state index is 14.2. The van der Waals surface area contributed by atoms with Crippen LogP contribution in [0.3, 0.4) is 0 Å². The monoisotopic (exact) mass is 856 g/mol. The molecule has 6 heterocycles. The van der Waals surface area contributed by atoms with Crippen LogP contribution in [0.1, 0.15) is 93.4 Å². The molecular formula is C47H52N8O8. The second-order valence-electron chi connectivity index (χ2n) is 17.3. The van der Waals surface area contributed by atoms with E-state index in [0.717, 1.165) is 69.1 Å². The number of H-pyrrole nitrogens is 2. The standard InChI is InChI=1S/C47H52N8O8/c1-24(2)40(52-46(58)60-5)45(57)55-26(4)12-13-34(55)42-48-19-32(50-42)28-15-30-22-63-37-18-29(16-31-23-62-36(17-28)38(30)39(31)37)33-20-49-43(51-33)35-14-25(3)21-54(35)44(56)41(53-47(59)61-6)27-10-8-7-9-11-27/h7-11,15-20,24-26,34-35,40-41H,12-14,21-23H2,1-6H3,(H,48,50)(H,49,51)(H,52,58)(H,53,59)/t25-,26-,34-,35-,40-,41+/m0/s1. The van der Waals surface area contributed by atoms with Gasteiger partial charge in [0.2, 0.25) is 5.91 Å². The summed E-state index contributed by atoms with van der Waals surface area (Å²) in [6.07, 6.45) is 4.51. The van der Waals surface area contributed by atoms with Crippen LogP contribution in [-0.2, 0) is 32.3 Å². The summed E-state index contributed by atoms with van der Waals surface area (Å²) < 4.78 is 22.6. The maximum Gasteiger partial charge on any atom is 0.407 e. The molecule has 0 radical (unpaired) electrons. The van der Waals surface area contributed by atoms with Gasteiger partial charge in [-0.25, -0.2) is 19.6 Å². The Hall–Kier alpha value is -6.84. The van der Waals surface area contributed by atoms with Gasteiger partial charge in [-0.1, -0.05) is 51.1 Å². The van der Waals surface area contributed by atoms with Crippen molar-refractivity contribution in [1.82, 2.24) is 40.4 Å². The smallest absolute Gasteiger partial charge is 0.407 e. The molecule has 2 fully saturated rings.